The number of benzene rings is 1. The van der Waals surface area contributed by atoms with Crippen LogP contribution < -0.4 is 5.56 Å². The fourth-order valence-electron chi connectivity index (χ4n) is 3.28. The van der Waals surface area contributed by atoms with Gasteiger partial charge in [0, 0.05) is 18.5 Å². The van der Waals surface area contributed by atoms with E-state index in [0.717, 1.165) is 25.7 Å². The average molecular weight is 357 g/mol. The molecule has 0 spiro atoms. The zero-order valence-electron chi connectivity index (χ0n) is 14.9. The zero-order valence-corrected chi connectivity index (χ0v) is 14.9. The van der Waals surface area contributed by atoms with Gasteiger partial charge >= 0.3 is 5.97 Å². The van der Waals surface area contributed by atoms with Gasteiger partial charge in [-0.1, -0.05) is 31.0 Å². The number of nitrogens with one attached hydrogen (secondary N) is 1. The smallest absolute Gasteiger partial charge is 0.312 e. The highest BCUT2D eigenvalue weighted by Gasteiger charge is 2.25. The summed E-state index contributed by atoms with van der Waals surface area (Å²) in [5, 5.41) is 7.44. The second-order valence-corrected chi connectivity index (χ2v) is 6.59. The molecule has 7 nitrogen and oxygen atoms in total. The Balaban J connectivity index is 1.66. The predicted octanol–water partition coefficient (Wildman–Crippen LogP) is 1.80. The number of aromatic nitrogens is 2. The van der Waals surface area contributed by atoms with Crippen molar-refractivity contribution < 1.29 is 14.3 Å². The Hall–Kier alpha value is -2.70. The number of hydrogen-bond acceptors (Lipinski definition) is 5. The van der Waals surface area contributed by atoms with Crippen molar-refractivity contribution in [2.75, 3.05) is 13.1 Å². The Kier molecular flexibility index (Phi) is 5.65. The van der Waals surface area contributed by atoms with Crippen LogP contribution >= 0.6 is 0 Å². The maximum Gasteiger partial charge on any atom is 0.312 e. The van der Waals surface area contributed by atoms with Gasteiger partial charge in [-0.05, 0) is 25.8 Å². The molecule has 1 aromatic carbocycles. The van der Waals surface area contributed by atoms with Crippen LogP contribution in [0.3, 0.4) is 0 Å². The molecule has 1 atom stereocenters. The zero-order chi connectivity index (χ0) is 18.5. The first-order valence-electron chi connectivity index (χ1n) is 9.01. The van der Waals surface area contributed by atoms with Gasteiger partial charge in [-0.3, -0.25) is 14.4 Å². The normalized spacial score (nSPS) is 16.1. The molecule has 26 heavy (non-hydrogen) atoms. The molecule has 0 radical (unpaired) electrons. The summed E-state index contributed by atoms with van der Waals surface area (Å²) in [5.74, 6) is -0.690. The lowest BCUT2D eigenvalue weighted by Gasteiger charge is -2.24. The van der Waals surface area contributed by atoms with Crippen LogP contribution in [0.1, 0.15) is 38.3 Å². The number of ether oxygens (including phenoxy) is 1. The first-order chi connectivity index (χ1) is 12.6. The van der Waals surface area contributed by atoms with Gasteiger partial charge in [0.25, 0.3) is 11.5 Å². The molecule has 1 aliphatic heterocycles. The van der Waals surface area contributed by atoms with Gasteiger partial charge in [0.15, 0.2) is 6.10 Å². The third-order valence-electron chi connectivity index (χ3n) is 4.66. The van der Waals surface area contributed by atoms with E-state index in [9.17, 15) is 14.4 Å². The number of H-pyrrole nitrogens is 1. The van der Waals surface area contributed by atoms with Crippen molar-refractivity contribution in [1.82, 2.24) is 15.1 Å². The van der Waals surface area contributed by atoms with Gasteiger partial charge < -0.3 is 9.64 Å². The molecule has 0 unspecified atom stereocenters. The Morgan fingerprint density at radius 2 is 1.81 bits per heavy atom. The van der Waals surface area contributed by atoms with E-state index in [1.807, 2.05) is 0 Å². The summed E-state index contributed by atoms with van der Waals surface area (Å²) in [6, 6.07) is 6.95. The van der Waals surface area contributed by atoms with E-state index < -0.39 is 12.1 Å². The minimum atomic E-state index is -0.824. The molecule has 1 amide bonds. The SMILES string of the molecule is C[C@@H](OC(=O)Cc1n[nH]c(=O)c2ccccc12)C(=O)N1CCCCCC1. The maximum atomic E-state index is 12.5. The number of amides is 1. The number of hydrogen-bond donors (Lipinski definition) is 1. The third-order valence-corrected chi connectivity index (χ3v) is 4.66. The van der Waals surface area contributed by atoms with E-state index in [4.69, 9.17) is 4.74 Å². The number of likely N-dealkylation sites (tertiary alicyclic amines) is 1. The number of aromatic amines is 1. The van der Waals surface area contributed by atoms with Crippen molar-refractivity contribution in [3.63, 3.8) is 0 Å². The summed E-state index contributed by atoms with van der Waals surface area (Å²) in [4.78, 5) is 38.3. The molecule has 138 valence electrons. The lowest BCUT2D eigenvalue weighted by molar-refractivity contribution is -0.158. The van der Waals surface area contributed by atoms with Crippen LogP contribution in [0.4, 0.5) is 0 Å². The molecule has 7 heteroatoms. The van der Waals surface area contributed by atoms with Crippen LogP contribution in [0.5, 0.6) is 0 Å². The molecule has 0 saturated carbocycles. The fourth-order valence-corrected chi connectivity index (χ4v) is 3.28. The van der Waals surface area contributed by atoms with Gasteiger partial charge in [-0.2, -0.15) is 5.10 Å². The summed E-state index contributed by atoms with van der Waals surface area (Å²) in [5.41, 5.74) is 0.127. The van der Waals surface area contributed by atoms with Gasteiger partial charge in [0.2, 0.25) is 0 Å². The second-order valence-electron chi connectivity index (χ2n) is 6.59. The van der Waals surface area contributed by atoms with Gasteiger partial charge in [0.1, 0.15) is 0 Å². The number of nitrogens with zero attached hydrogens (tertiary/aromatic N) is 2. The van der Waals surface area contributed by atoms with Crippen molar-refractivity contribution in [1.29, 1.82) is 0 Å². The van der Waals surface area contributed by atoms with Crippen LogP contribution in [-0.4, -0.2) is 46.2 Å². The summed E-state index contributed by atoms with van der Waals surface area (Å²) < 4.78 is 5.33. The van der Waals surface area contributed by atoms with Gasteiger partial charge in [-0.15, -0.1) is 0 Å². The van der Waals surface area contributed by atoms with E-state index in [1.54, 1.807) is 36.1 Å². The lowest BCUT2D eigenvalue weighted by Crippen LogP contribution is -2.40. The molecule has 1 aromatic heterocycles. The summed E-state index contributed by atoms with van der Waals surface area (Å²) >= 11 is 0. The molecular weight excluding hydrogens is 334 g/mol. The highest BCUT2D eigenvalue weighted by molar-refractivity contribution is 5.88. The van der Waals surface area contributed by atoms with Gasteiger partial charge in [0.05, 0.1) is 17.5 Å². The van der Waals surface area contributed by atoms with Crippen LogP contribution in [0, 0.1) is 0 Å². The molecule has 0 bridgehead atoms. The predicted molar refractivity (Wildman–Crippen MR) is 96.7 cm³/mol. The molecule has 2 aromatic rings. The van der Waals surface area contributed by atoms with Crippen LogP contribution in [0.2, 0.25) is 0 Å². The summed E-state index contributed by atoms with van der Waals surface area (Å²) in [7, 11) is 0. The number of fused-ring (bicyclic) bond motifs is 1. The first kappa shape index (κ1) is 18.1. The Labute approximate surface area is 151 Å². The van der Waals surface area contributed by atoms with Crippen molar-refractivity contribution in [3.8, 4) is 0 Å². The van der Waals surface area contributed by atoms with Crippen molar-refractivity contribution in [3.05, 3.63) is 40.3 Å². The molecule has 1 N–H and O–H groups in total. The van der Waals surface area contributed by atoms with Crippen LogP contribution in [-0.2, 0) is 20.7 Å². The number of carbonyl (C=O) groups excluding carboxylic acids is 2. The highest BCUT2D eigenvalue weighted by atomic mass is 16.5. The van der Waals surface area contributed by atoms with Crippen LogP contribution in [0.25, 0.3) is 10.8 Å². The minimum absolute atomic E-state index is 0.102. The van der Waals surface area contributed by atoms with E-state index >= 15 is 0 Å². The monoisotopic (exact) mass is 357 g/mol. The van der Waals surface area contributed by atoms with E-state index in [0.29, 0.717) is 29.6 Å². The highest BCUT2D eigenvalue weighted by Crippen LogP contribution is 2.15. The first-order valence-corrected chi connectivity index (χ1v) is 9.01. The Bertz CT molecular complexity index is 853. The lowest BCUT2D eigenvalue weighted by atomic mass is 10.1. The largest absolute Gasteiger partial charge is 0.452 e. The fraction of sp³-hybridized carbons (Fsp3) is 0.474. The molecule has 1 saturated heterocycles. The number of carbonyl (C=O) groups is 2. The topological polar surface area (TPSA) is 92.4 Å². The van der Waals surface area contributed by atoms with E-state index in [-0.39, 0.29) is 17.9 Å². The van der Waals surface area contributed by atoms with Crippen molar-refractivity contribution in [2.24, 2.45) is 0 Å². The quantitative estimate of drug-likeness (QED) is 0.843. The van der Waals surface area contributed by atoms with Gasteiger partial charge in [-0.25, -0.2) is 5.10 Å². The molecule has 3 rings (SSSR count). The van der Waals surface area contributed by atoms with Crippen LogP contribution in [0.15, 0.2) is 29.1 Å². The van der Waals surface area contributed by atoms with E-state index in [1.165, 1.54) is 0 Å². The number of esters is 1. The van der Waals surface area contributed by atoms with E-state index in [2.05, 4.69) is 10.2 Å². The summed E-state index contributed by atoms with van der Waals surface area (Å²) in [6.45, 7) is 3.03. The minimum Gasteiger partial charge on any atom is -0.452 e. The average Bonchev–Trinajstić information content (AvgIpc) is 2.93. The third kappa shape index (κ3) is 4.09. The Morgan fingerprint density at radius 3 is 2.50 bits per heavy atom. The standard InChI is InChI=1S/C19H23N3O4/c1-13(19(25)22-10-6-2-3-7-11-22)26-17(23)12-16-14-8-4-5-9-15(14)18(24)21-20-16/h4-5,8-9,13H,2-3,6-7,10-12H2,1H3,(H,21,24)/t13-/m1/s1. The van der Waals surface area contributed by atoms with Crippen molar-refractivity contribution in [2.45, 2.75) is 45.1 Å². The number of rotatable bonds is 4. The maximum absolute atomic E-state index is 12.5. The molecular formula is C19H23N3O4. The molecule has 2 heterocycles. The molecule has 1 fully saturated rings. The van der Waals surface area contributed by atoms with Crippen molar-refractivity contribution >= 4 is 22.6 Å². The molecule has 1 aliphatic rings. The molecule has 0 aliphatic carbocycles. The Morgan fingerprint density at radius 1 is 1.15 bits per heavy atom. The second kappa shape index (κ2) is 8.12. The summed E-state index contributed by atoms with van der Waals surface area (Å²) in [6.07, 6.45) is 3.30.